The van der Waals surface area contributed by atoms with Crippen molar-refractivity contribution >= 4 is 22.4 Å². The molecule has 0 bridgehead atoms. The molecule has 3 saturated heterocycles. The maximum Gasteiger partial charge on any atom is 0.311 e. The van der Waals surface area contributed by atoms with E-state index in [1.54, 1.807) is 5.51 Å². The van der Waals surface area contributed by atoms with E-state index in [4.69, 9.17) is 4.74 Å². The van der Waals surface area contributed by atoms with E-state index in [-0.39, 0.29) is 5.92 Å². The number of aromatic nitrogens is 2. The number of anilines is 1. The molecule has 132 valence electrons. The largest absolute Gasteiger partial charge is 0.481 e. The van der Waals surface area contributed by atoms with Crippen LogP contribution in [0.1, 0.15) is 19.3 Å². The van der Waals surface area contributed by atoms with Crippen molar-refractivity contribution in [1.29, 1.82) is 0 Å². The fourth-order valence-corrected chi connectivity index (χ4v) is 5.14. The number of rotatable bonds is 4. The molecular weight excluding hydrogens is 328 g/mol. The molecule has 0 aromatic carbocycles. The van der Waals surface area contributed by atoms with Gasteiger partial charge in [0.25, 0.3) is 0 Å². The summed E-state index contributed by atoms with van der Waals surface area (Å²) in [5.41, 5.74) is 1.07. The van der Waals surface area contributed by atoms with E-state index in [0.717, 1.165) is 63.8 Å². The number of hydrogen-bond donors (Lipinski definition) is 1. The molecule has 3 fully saturated rings. The van der Waals surface area contributed by atoms with Crippen LogP contribution in [0.4, 0.5) is 5.13 Å². The van der Waals surface area contributed by atoms with Crippen LogP contribution in [0.3, 0.4) is 0 Å². The van der Waals surface area contributed by atoms with Crippen LogP contribution in [0.5, 0.6) is 0 Å². The van der Waals surface area contributed by atoms with E-state index in [1.807, 2.05) is 0 Å². The molecule has 7 nitrogen and oxygen atoms in total. The quantitative estimate of drug-likeness (QED) is 0.871. The Hall–Kier alpha value is -1.25. The Morgan fingerprint density at radius 2 is 2.42 bits per heavy atom. The Kier molecular flexibility index (Phi) is 4.44. The van der Waals surface area contributed by atoms with Gasteiger partial charge in [-0.25, -0.2) is 0 Å². The third kappa shape index (κ3) is 2.91. The first-order valence-electron chi connectivity index (χ1n) is 8.72. The molecule has 0 amide bonds. The minimum Gasteiger partial charge on any atom is -0.481 e. The van der Waals surface area contributed by atoms with Crippen LogP contribution < -0.4 is 4.90 Å². The molecule has 3 aliphatic heterocycles. The van der Waals surface area contributed by atoms with Crippen molar-refractivity contribution in [3.8, 4) is 0 Å². The Labute approximate surface area is 145 Å². The van der Waals surface area contributed by atoms with Crippen molar-refractivity contribution in [3.05, 3.63) is 5.51 Å². The average Bonchev–Trinajstić information content (AvgIpc) is 3.27. The Morgan fingerprint density at radius 3 is 3.12 bits per heavy atom. The second-order valence-electron chi connectivity index (χ2n) is 7.35. The van der Waals surface area contributed by atoms with Crippen LogP contribution in [-0.2, 0) is 9.53 Å². The number of hydrogen-bond acceptors (Lipinski definition) is 7. The van der Waals surface area contributed by atoms with Crippen molar-refractivity contribution in [2.45, 2.75) is 19.3 Å². The minimum atomic E-state index is -0.648. The van der Waals surface area contributed by atoms with Gasteiger partial charge in [-0.15, -0.1) is 10.2 Å². The standard InChI is InChI=1S/C16H24N4O3S/c21-14(22)16-3-1-4-19(6-12-2-5-23-9-12)7-13(16)8-20(10-16)15-18-17-11-24-15/h11-13H,1-10H2,(H,21,22)/t12?,13-,16-/m0/s1. The van der Waals surface area contributed by atoms with Gasteiger partial charge in [-0.1, -0.05) is 11.3 Å². The molecule has 8 heteroatoms. The lowest BCUT2D eigenvalue weighted by Crippen LogP contribution is -2.42. The van der Waals surface area contributed by atoms with Gasteiger partial charge >= 0.3 is 5.97 Å². The van der Waals surface area contributed by atoms with Gasteiger partial charge in [-0.05, 0) is 31.7 Å². The molecule has 3 atom stereocenters. The summed E-state index contributed by atoms with van der Waals surface area (Å²) in [7, 11) is 0. The highest BCUT2D eigenvalue weighted by molar-refractivity contribution is 7.13. The van der Waals surface area contributed by atoms with Crippen LogP contribution in [0.25, 0.3) is 0 Å². The van der Waals surface area contributed by atoms with Gasteiger partial charge in [0.05, 0.1) is 12.0 Å². The van der Waals surface area contributed by atoms with Gasteiger partial charge in [-0.3, -0.25) is 4.79 Å². The Morgan fingerprint density at radius 1 is 1.50 bits per heavy atom. The molecule has 24 heavy (non-hydrogen) atoms. The van der Waals surface area contributed by atoms with Crippen molar-refractivity contribution in [2.75, 3.05) is 50.8 Å². The van der Waals surface area contributed by atoms with Crippen LogP contribution in [0.15, 0.2) is 5.51 Å². The van der Waals surface area contributed by atoms with E-state index in [9.17, 15) is 9.90 Å². The molecule has 4 rings (SSSR count). The van der Waals surface area contributed by atoms with Crippen LogP contribution in [0, 0.1) is 17.3 Å². The van der Waals surface area contributed by atoms with Crippen molar-refractivity contribution in [1.82, 2.24) is 15.1 Å². The van der Waals surface area contributed by atoms with Gasteiger partial charge < -0.3 is 19.6 Å². The number of ether oxygens (including phenoxy) is 1. The van der Waals surface area contributed by atoms with Crippen LogP contribution >= 0.6 is 11.3 Å². The van der Waals surface area contributed by atoms with Gasteiger partial charge in [0.15, 0.2) is 0 Å². The summed E-state index contributed by atoms with van der Waals surface area (Å²) in [4.78, 5) is 16.8. The number of carbonyl (C=O) groups is 1. The minimum absolute atomic E-state index is 0.142. The number of aliphatic carboxylic acids is 1. The highest BCUT2D eigenvalue weighted by Crippen LogP contribution is 2.44. The highest BCUT2D eigenvalue weighted by atomic mass is 32.1. The second-order valence-corrected chi connectivity index (χ2v) is 8.16. The monoisotopic (exact) mass is 352 g/mol. The second kappa shape index (κ2) is 6.57. The molecule has 0 aliphatic carbocycles. The summed E-state index contributed by atoms with van der Waals surface area (Å²) in [5.74, 6) is 0.0947. The average molecular weight is 352 g/mol. The normalized spacial score (nSPS) is 34.2. The zero-order valence-electron chi connectivity index (χ0n) is 13.8. The molecule has 0 spiro atoms. The maximum atomic E-state index is 12.2. The summed E-state index contributed by atoms with van der Waals surface area (Å²) in [6, 6.07) is 0. The number of likely N-dealkylation sites (tertiary alicyclic amines) is 1. The van der Waals surface area contributed by atoms with Gasteiger partial charge in [0.1, 0.15) is 5.51 Å². The maximum absolute atomic E-state index is 12.2. The SMILES string of the molecule is O=C(O)[C@]12CCCN(CC3CCOC3)C[C@H]1CN(c1nncs1)C2. The molecule has 1 aromatic heterocycles. The zero-order valence-corrected chi connectivity index (χ0v) is 14.6. The van der Waals surface area contributed by atoms with E-state index in [0.29, 0.717) is 12.5 Å². The fourth-order valence-electron chi connectivity index (χ4n) is 4.57. The zero-order chi connectivity index (χ0) is 16.6. The lowest BCUT2D eigenvalue weighted by atomic mass is 9.75. The van der Waals surface area contributed by atoms with Gasteiger partial charge in [0.2, 0.25) is 5.13 Å². The third-order valence-corrected chi connectivity index (χ3v) is 6.61. The summed E-state index contributed by atoms with van der Waals surface area (Å²) in [5, 5.41) is 18.9. The third-order valence-electron chi connectivity index (χ3n) is 5.86. The molecule has 0 saturated carbocycles. The van der Waals surface area contributed by atoms with Crippen molar-refractivity contribution < 1.29 is 14.6 Å². The van der Waals surface area contributed by atoms with E-state index >= 15 is 0 Å². The first-order valence-corrected chi connectivity index (χ1v) is 9.60. The summed E-state index contributed by atoms with van der Waals surface area (Å²) >= 11 is 1.49. The number of fused-ring (bicyclic) bond motifs is 1. The van der Waals surface area contributed by atoms with E-state index in [2.05, 4.69) is 20.0 Å². The summed E-state index contributed by atoms with van der Waals surface area (Å²) in [6.07, 6.45) is 2.82. The lowest BCUT2D eigenvalue weighted by molar-refractivity contribution is -0.150. The predicted octanol–water partition coefficient (Wildman–Crippen LogP) is 1.18. The number of carboxylic acid groups (broad SMARTS) is 1. The molecular formula is C16H24N4O3S. The topological polar surface area (TPSA) is 78.8 Å². The summed E-state index contributed by atoms with van der Waals surface area (Å²) in [6.45, 7) is 5.93. The molecule has 4 heterocycles. The first kappa shape index (κ1) is 16.2. The van der Waals surface area contributed by atoms with Crippen molar-refractivity contribution in [2.24, 2.45) is 17.3 Å². The summed E-state index contributed by atoms with van der Waals surface area (Å²) < 4.78 is 5.50. The molecule has 1 N–H and O–H groups in total. The Balaban J connectivity index is 1.51. The fraction of sp³-hybridized carbons (Fsp3) is 0.812. The van der Waals surface area contributed by atoms with Crippen LogP contribution in [-0.4, -0.2) is 72.1 Å². The number of nitrogens with zero attached hydrogens (tertiary/aromatic N) is 4. The van der Waals surface area contributed by atoms with E-state index < -0.39 is 11.4 Å². The molecule has 1 unspecified atom stereocenters. The van der Waals surface area contributed by atoms with Gasteiger partial charge in [0, 0.05) is 38.7 Å². The first-order chi connectivity index (χ1) is 11.7. The highest BCUT2D eigenvalue weighted by Gasteiger charge is 2.54. The molecule has 3 aliphatic rings. The molecule has 1 aromatic rings. The molecule has 0 radical (unpaired) electrons. The smallest absolute Gasteiger partial charge is 0.311 e. The lowest BCUT2D eigenvalue weighted by Gasteiger charge is -2.30. The predicted molar refractivity (Wildman–Crippen MR) is 90.3 cm³/mol. The number of carboxylic acids is 1. The van der Waals surface area contributed by atoms with E-state index in [1.165, 1.54) is 11.3 Å². The Bertz CT molecular complexity index is 578. The van der Waals surface area contributed by atoms with Crippen molar-refractivity contribution in [3.63, 3.8) is 0 Å². The van der Waals surface area contributed by atoms with Crippen LogP contribution in [0.2, 0.25) is 0 Å². The van der Waals surface area contributed by atoms with Gasteiger partial charge in [-0.2, -0.15) is 0 Å².